The molecule has 0 saturated carbocycles. The lowest BCUT2D eigenvalue weighted by Gasteiger charge is -2.33. The number of hydrogen-bond donors (Lipinski definition) is 2. The molecule has 0 aromatic heterocycles. The van der Waals surface area contributed by atoms with Crippen molar-refractivity contribution in [2.24, 2.45) is 5.41 Å². The molecule has 1 atom stereocenters. The lowest BCUT2D eigenvalue weighted by Crippen LogP contribution is -2.50. The van der Waals surface area contributed by atoms with Crippen molar-refractivity contribution in [3.63, 3.8) is 0 Å². The molecular formula is C20H21ClN2O2S. The molecule has 0 spiro atoms. The van der Waals surface area contributed by atoms with Gasteiger partial charge in [-0.3, -0.25) is 20.4 Å². The van der Waals surface area contributed by atoms with Crippen molar-refractivity contribution in [1.82, 2.24) is 10.9 Å². The third-order valence-electron chi connectivity index (χ3n) is 4.69. The average molecular weight is 389 g/mol. The van der Waals surface area contributed by atoms with Crippen molar-refractivity contribution in [1.29, 1.82) is 0 Å². The Bertz CT molecular complexity index is 810. The third-order valence-corrected chi connectivity index (χ3v) is 5.96. The smallest absolute Gasteiger partial charge is 0.248 e. The van der Waals surface area contributed by atoms with Crippen LogP contribution >= 0.6 is 23.4 Å². The van der Waals surface area contributed by atoms with Gasteiger partial charge in [-0.05, 0) is 54.7 Å². The Kier molecular flexibility index (Phi) is 5.89. The summed E-state index contributed by atoms with van der Waals surface area (Å²) in [6.07, 6.45) is 2.33. The van der Waals surface area contributed by atoms with Crippen LogP contribution in [0.15, 0.2) is 53.4 Å². The monoisotopic (exact) mass is 388 g/mol. The molecule has 0 radical (unpaired) electrons. The van der Waals surface area contributed by atoms with E-state index in [1.165, 1.54) is 22.9 Å². The van der Waals surface area contributed by atoms with Crippen molar-refractivity contribution in [2.75, 3.05) is 5.75 Å². The minimum absolute atomic E-state index is 0.142. The predicted octanol–water partition coefficient (Wildman–Crippen LogP) is 3.77. The summed E-state index contributed by atoms with van der Waals surface area (Å²) in [6.45, 7) is 1.95. The molecule has 6 heteroatoms. The molecule has 0 bridgehead atoms. The van der Waals surface area contributed by atoms with Crippen LogP contribution in [-0.2, 0) is 22.4 Å². The highest BCUT2D eigenvalue weighted by atomic mass is 35.5. The van der Waals surface area contributed by atoms with Crippen LogP contribution in [0.1, 0.15) is 24.5 Å². The first-order chi connectivity index (χ1) is 12.5. The summed E-state index contributed by atoms with van der Waals surface area (Å²) in [5, 5.41) is 0.661. The molecule has 1 aliphatic rings. The number of hydrogen-bond acceptors (Lipinski definition) is 3. The topological polar surface area (TPSA) is 58.2 Å². The number of nitrogens with one attached hydrogen (secondary N) is 2. The highest BCUT2D eigenvalue weighted by molar-refractivity contribution is 8.00. The number of amides is 2. The minimum Gasteiger partial charge on any atom is -0.273 e. The van der Waals surface area contributed by atoms with Crippen LogP contribution in [0.3, 0.4) is 0 Å². The van der Waals surface area contributed by atoms with E-state index in [1.807, 2.05) is 31.2 Å². The van der Waals surface area contributed by atoms with E-state index in [1.54, 1.807) is 12.1 Å². The molecule has 0 saturated heterocycles. The fourth-order valence-corrected chi connectivity index (χ4v) is 3.90. The average Bonchev–Trinajstić information content (AvgIpc) is 2.65. The highest BCUT2D eigenvalue weighted by Crippen LogP contribution is 2.35. The molecule has 1 aliphatic carbocycles. The van der Waals surface area contributed by atoms with E-state index < -0.39 is 5.41 Å². The summed E-state index contributed by atoms with van der Waals surface area (Å²) in [6, 6.07) is 15.5. The molecule has 0 fully saturated rings. The van der Waals surface area contributed by atoms with Crippen LogP contribution in [0, 0.1) is 5.41 Å². The van der Waals surface area contributed by atoms with E-state index >= 15 is 0 Å². The standard InChI is InChI=1S/C20H21ClN2O2S/c1-20(11-10-14-4-2-3-5-15(14)12-20)19(25)23-22-18(24)13-26-17-8-6-16(21)7-9-17/h2-9H,10-13H2,1H3,(H,22,24)(H,23,25)/t20-/m1/s1. The van der Waals surface area contributed by atoms with E-state index in [9.17, 15) is 9.59 Å². The first kappa shape index (κ1) is 18.8. The zero-order valence-electron chi connectivity index (χ0n) is 14.5. The molecule has 2 N–H and O–H groups in total. The second kappa shape index (κ2) is 8.14. The number of aryl methyl sites for hydroxylation is 1. The zero-order chi connectivity index (χ0) is 18.6. The Labute approximate surface area is 162 Å². The number of rotatable bonds is 4. The Hall–Kier alpha value is -1.98. The maximum atomic E-state index is 12.6. The maximum Gasteiger partial charge on any atom is 0.248 e. The van der Waals surface area contributed by atoms with Crippen LogP contribution in [0.4, 0.5) is 0 Å². The lowest BCUT2D eigenvalue weighted by molar-refractivity contribution is -0.134. The Morgan fingerprint density at radius 3 is 2.50 bits per heavy atom. The molecule has 2 aromatic rings. The van der Waals surface area contributed by atoms with Crippen LogP contribution in [0.25, 0.3) is 0 Å². The molecule has 3 rings (SSSR count). The van der Waals surface area contributed by atoms with Gasteiger partial charge in [-0.25, -0.2) is 0 Å². The van der Waals surface area contributed by atoms with Gasteiger partial charge in [0.15, 0.2) is 0 Å². The van der Waals surface area contributed by atoms with E-state index in [-0.39, 0.29) is 17.6 Å². The van der Waals surface area contributed by atoms with Crippen LogP contribution < -0.4 is 10.9 Å². The number of halogens is 1. The fourth-order valence-electron chi connectivity index (χ4n) is 3.08. The Morgan fingerprint density at radius 2 is 1.77 bits per heavy atom. The van der Waals surface area contributed by atoms with Gasteiger partial charge in [0.05, 0.1) is 11.2 Å². The first-order valence-electron chi connectivity index (χ1n) is 8.51. The van der Waals surface area contributed by atoms with Gasteiger partial charge in [0.2, 0.25) is 11.8 Å². The molecule has 0 aliphatic heterocycles. The van der Waals surface area contributed by atoms with Crippen LogP contribution in [0.5, 0.6) is 0 Å². The normalized spacial score (nSPS) is 18.7. The SMILES string of the molecule is C[C@@]1(C(=O)NNC(=O)CSc2ccc(Cl)cc2)CCc2ccccc2C1. The van der Waals surface area contributed by atoms with Gasteiger partial charge in [-0.15, -0.1) is 11.8 Å². The van der Waals surface area contributed by atoms with Gasteiger partial charge < -0.3 is 0 Å². The number of carbonyl (C=O) groups is 2. The third kappa shape index (κ3) is 4.59. The van der Waals surface area contributed by atoms with Crippen molar-refractivity contribution < 1.29 is 9.59 Å². The summed E-state index contributed by atoms with van der Waals surface area (Å²) >= 11 is 7.23. The van der Waals surface area contributed by atoms with Crippen LogP contribution in [0.2, 0.25) is 5.02 Å². The number of hydrazine groups is 1. The number of thioether (sulfide) groups is 1. The Morgan fingerprint density at radius 1 is 1.08 bits per heavy atom. The molecule has 0 heterocycles. The van der Waals surface area contributed by atoms with Crippen molar-refractivity contribution >= 4 is 35.2 Å². The van der Waals surface area contributed by atoms with Crippen molar-refractivity contribution in [3.05, 3.63) is 64.7 Å². The van der Waals surface area contributed by atoms with Gasteiger partial charge in [0.1, 0.15) is 0 Å². The largest absolute Gasteiger partial charge is 0.273 e. The van der Waals surface area contributed by atoms with Crippen molar-refractivity contribution in [2.45, 2.75) is 31.1 Å². The minimum atomic E-state index is -0.509. The number of carbonyl (C=O) groups excluding carboxylic acids is 2. The quantitative estimate of drug-likeness (QED) is 0.619. The summed E-state index contributed by atoms with van der Waals surface area (Å²) in [4.78, 5) is 25.5. The summed E-state index contributed by atoms with van der Waals surface area (Å²) in [5.41, 5.74) is 7.13. The second-order valence-electron chi connectivity index (χ2n) is 6.75. The molecule has 26 heavy (non-hydrogen) atoms. The second-order valence-corrected chi connectivity index (χ2v) is 8.24. The predicted molar refractivity (Wildman–Crippen MR) is 105 cm³/mol. The number of fused-ring (bicyclic) bond motifs is 1. The molecule has 2 amide bonds. The zero-order valence-corrected chi connectivity index (χ0v) is 16.1. The molecule has 2 aromatic carbocycles. The molecular weight excluding hydrogens is 368 g/mol. The summed E-state index contributed by atoms with van der Waals surface area (Å²) < 4.78 is 0. The first-order valence-corrected chi connectivity index (χ1v) is 9.87. The van der Waals surface area contributed by atoms with E-state index in [0.717, 1.165) is 17.7 Å². The van der Waals surface area contributed by atoms with E-state index in [2.05, 4.69) is 23.0 Å². The molecule has 0 unspecified atom stereocenters. The molecule has 136 valence electrons. The van der Waals surface area contributed by atoms with Crippen molar-refractivity contribution in [3.8, 4) is 0 Å². The van der Waals surface area contributed by atoms with Gasteiger partial charge in [-0.1, -0.05) is 42.8 Å². The maximum absolute atomic E-state index is 12.6. The molecule has 4 nitrogen and oxygen atoms in total. The highest BCUT2D eigenvalue weighted by Gasteiger charge is 2.36. The lowest BCUT2D eigenvalue weighted by atomic mass is 9.72. The van der Waals surface area contributed by atoms with Gasteiger partial charge >= 0.3 is 0 Å². The van der Waals surface area contributed by atoms with E-state index in [0.29, 0.717) is 11.4 Å². The summed E-state index contributed by atoms with van der Waals surface area (Å²) in [5.74, 6) is -0.156. The van der Waals surface area contributed by atoms with Gasteiger partial charge in [0.25, 0.3) is 0 Å². The summed E-state index contributed by atoms with van der Waals surface area (Å²) in [7, 11) is 0. The Balaban J connectivity index is 1.49. The van der Waals surface area contributed by atoms with Crippen LogP contribution in [-0.4, -0.2) is 17.6 Å². The fraction of sp³-hybridized carbons (Fsp3) is 0.300. The van der Waals surface area contributed by atoms with Gasteiger partial charge in [-0.2, -0.15) is 0 Å². The van der Waals surface area contributed by atoms with E-state index in [4.69, 9.17) is 11.6 Å². The van der Waals surface area contributed by atoms with Gasteiger partial charge in [0, 0.05) is 9.92 Å². The number of benzene rings is 2.